The molecule has 0 saturated heterocycles. The van der Waals surface area contributed by atoms with Crippen molar-refractivity contribution < 1.29 is 4.79 Å². The maximum absolute atomic E-state index is 13.1. The van der Waals surface area contributed by atoms with E-state index < -0.39 is 0 Å². The van der Waals surface area contributed by atoms with Crippen molar-refractivity contribution in [1.82, 2.24) is 14.5 Å². The molecule has 126 valence electrons. The maximum Gasteiger partial charge on any atom is 0.256 e. The van der Waals surface area contributed by atoms with E-state index in [0.717, 1.165) is 24.3 Å². The molecule has 25 heavy (non-hydrogen) atoms. The lowest BCUT2D eigenvalue weighted by atomic mass is 9.99. The van der Waals surface area contributed by atoms with E-state index in [9.17, 15) is 4.79 Å². The molecular weight excluding hydrogens is 312 g/mol. The van der Waals surface area contributed by atoms with E-state index in [1.165, 1.54) is 11.1 Å². The van der Waals surface area contributed by atoms with Gasteiger partial charge in [-0.2, -0.15) is 0 Å². The Bertz CT molecular complexity index is 915. The summed E-state index contributed by atoms with van der Waals surface area (Å²) in [4.78, 5) is 19.3. The zero-order chi connectivity index (χ0) is 17.2. The molecule has 0 atom stereocenters. The molecule has 1 aliphatic heterocycles. The Labute approximate surface area is 146 Å². The summed E-state index contributed by atoms with van der Waals surface area (Å²) in [5.74, 6) is 0.0492. The van der Waals surface area contributed by atoms with Gasteiger partial charge in [-0.1, -0.05) is 36.4 Å². The normalized spacial score (nSPS) is 13.6. The summed E-state index contributed by atoms with van der Waals surface area (Å²) >= 11 is 0. The number of benzene rings is 2. The predicted molar refractivity (Wildman–Crippen MR) is 96.3 cm³/mol. The fraction of sp³-hybridized carbons (Fsp3) is 0.200. The molecule has 0 fully saturated rings. The molecule has 1 aliphatic rings. The van der Waals surface area contributed by atoms with Gasteiger partial charge in [0.2, 0.25) is 0 Å². The summed E-state index contributed by atoms with van der Waals surface area (Å²) in [6, 6.07) is 16.0. The fourth-order valence-electron chi connectivity index (χ4n) is 3.32. The molecule has 3 aromatic rings. The first kappa shape index (κ1) is 15.6. The third-order valence-electron chi connectivity index (χ3n) is 4.68. The summed E-state index contributed by atoms with van der Waals surface area (Å²) in [5, 5.41) is 0. The van der Waals surface area contributed by atoms with Crippen LogP contribution < -0.4 is 5.73 Å². The highest BCUT2D eigenvalue weighted by Crippen LogP contribution is 2.23. The second-order valence-corrected chi connectivity index (χ2v) is 6.24. The van der Waals surface area contributed by atoms with Crippen LogP contribution in [0.3, 0.4) is 0 Å². The van der Waals surface area contributed by atoms with Crippen molar-refractivity contribution in [3.05, 3.63) is 83.4 Å². The third-order valence-corrected chi connectivity index (χ3v) is 4.68. The summed E-state index contributed by atoms with van der Waals surface area (Å²) in [6.07, 6.45) is 4.48. The Balaban J connectivity index is 1.65. The highest BCUT2D eigenvalue weighted by molar-refractivity contribution is 5.98. The first-order chi connectivity index (χ1) is 12.3. The Morgan fingerprint density at radius 1 is 1.08 bits per heavy atom. The Morgan fingerprint density at radius 2 is 1.84 bits per heavy atom. The van der Waals surface area contributed by atoms with Crippen molar-refractivity contribution in [3.8, 4) is 5.69 Å². The molecule has 4 rings (SSSR count). The highest BCUT2D eigenvalue weighted by atomic mass is 16.2. The minimum absolute atomic E-state index is 0.0492. The van der Waals surface area contributed by atoms with Crippen LogP contribution in [0.5, 0.6) is 0 Å². The molecule has 0 saturated carbocycles. The summed E-state index contributed by atoms with van der Waals surface area (Å²) < 4.78 is 1.87. The zero-order valence-corrected chi connectivity index (χ0v) is 13.9. The summed E-state index contributed by atoms with van der Waals surface area (Å²) in [5.41, 5.74) is 10.5. The first-order valence-electron chi connectivity index (χ1n) is 8.44. The molecule has 0 spiro atoms. The maximum atomic E-state index is 13.1. The molecule has 2 heterocycles. The number of nitrogens with zero attached hydrogens (tertiary/aromatic N) is 3. The predicted octanol–water partition coefficient (Wildman–Crippen LogP) is 2.53. The number of aromatic nitrogens is 2. The van der Waals surface area contributed by atoms with E-state index in [2.05, 4.69) is 23.2 Å². The molecule has 5 nitrogen and oxygen atoms in total. The number of imidazole rings is 1. The molecule has 0 bridgehead atoms. The second kappa shape index (κ2) is 6.53. The van der Waals surface area contributed by atoms with Gasteiger partial charge in [0.15, 0.2) is 0 Å². The van der Waals surface area contributed by atoms with Crippen molar-refractivity contribution in [2.45, 2.75) is 19.5 Å². The van der Waals surface area contributed by atoms with Crippen LogP contribution in [0.2, 0.25) is 0 Å². The zero-order valence-electron chi connectivity index (χ0n) is 13.9. The van der Waals surface area contributed by atoms with Crippen LogP contribution >= 0.6 is 0 Å². The van der Waals surface area contributed by atoms with Crippen molar-refractivity contribution in [2.24, 2.45) is 5.73 Å². The van der Waals surface area contributed by atoms with Gasteiger partial charge < -0.3 is 15.2 Å². The summed E-state index contributed by atoms with van der Waals surface area (Å²) in [6.45, 7) is 1.77. The van der Waals surface area contributed by atoms with E-state index in [1.807, 2.05) is 46.0 Å². The highest BCUT2D eigenvalue weighted by Gasteiger charge is 2.23. The van der Waals surface area contributed by atoms with Crippen molar-refractivity contribution in [1.29, 1.82) is 0 Å². The Hall–Kier alpha value is -2.92. The molecule has 0 radical (unpaired) electrons. The van der Waals surface area contributed by atoms with Gasteiger partial charge in [-0.05, 0) is 29.7 Å². The molecule has 2 N–H and O–H groups in total. The average Bonchev–Trinajstić information content (AvgIpc) is 3.16. The van der Waals surface area contributed by atoms with E-state index in [-0.39, 0.29) is 5.91 Å². The number of hydrogen-bond acceptors (Lipinski definition) is 3. The third kappa shape index (κ3) is 2.94. The molecule has 2 aromatic carbocycles. The van der Waals surface area contributed by atoms with Crippen molar-refractivity contribution >= 4 is 5.91 Å². The van der Waals surface area contributed by atoms with Gasteiger partial charge in [-0.3, -0.25) is 4.79 Å². The minimum Gasteiger partial charge on any atom is -0.334 e. The van der Waals surface area contributed by atoms with E-state index >= 15 is 0 Å². The quantitative estimate of drug-likeness (QED) is 0.801. The smallest absolute Gasteiger partial charge is 0.256 e. The molecule has 5 heteroatoms. The van der Waals surface area contributed by atoms with Gasteiger partial charge in [0.05, 0.1) is 23.3 Å². The lowest BCUT2D eigenvalue weighted by molar-refractivity contribution is 0.0734. The molecule has 0 unspecified atom stereocenters. The van der Waals surface area contributed by atoms with Crippen LogP contribution in [-0.2, 0) is 19.5 Å². The number of amides is 1. The molecule has 0 aliphatic carbocycles. The number of carbonyl (C=O) groups excluding carboxylic acids is 1. The van der Waals surface area contributed by atoms with Crippen LogP contribution in [0, 0.1) is 0 Å². The Morgan fingerprint density at radius 3 is 2.64 bits per heavy atom. The van der Waals surface area contributed by atoms with Crippen LogP contribution in [-0.4, -0.2) is 26.9 Å². The molecular formula is C20H20N4O. The first-order valence-corrected chi connectivity index (χ1v) is 8.44. The van der Waals surface area contributed by atoms with Gasteiger partial charge in [0.1, 0.15) is 0 Å². The van der Waals surface area contributed by atoms with E-state index in [0.29, 0.717) is 18.7 Å². The lowest BCUT2D eigenvalue weighted by Crippen LogP contribution is -2.36. The Kier molecular flexibility index (Phi) is 4.07. The number of rotatable bonds is 3. The summed E-state index contributed by atoms with van der Waals surface area (Å²) in [7, 11) is 0. The molecule has 1 amide bonds. The van der Waals surface area contributed by atoms with Crippen LogP contribution in [0.1, 0.15) is 27.2 Å². The van der Waals surface area contributed by atoms with Crippen LogP contribution in [0.25, 0.3) is 5.69 Å². The van der Waals surface area contributed by atoms with E-state index in [4.69, 9.17) is 5.73 Å². The van der Waals surface area contributed by atoms with Crippen LogP contribution in [0.4, 0.5) is 0 Å². The average molecular weight is 332 g/mol. The topological polar surface area (TPSA) is 64.2 Å². The van der Waals surface area contributed by atoms with Gasteiger partial charge >= 0.3 is 0 Å². The van der Waals surface area contributed by atoms with Crippen molar-refractivity contribution in [3.63, 3.8) is 0 Å². The standard InChI is InChI=1S/C20H20N4O/c21-11-17-13-24(14-22-17)19-8-4-3-7-18(19)20(25)23-10-9-15-5-1-2-6-16(15)12-23/h1-8,13-14H,9-12,21H2. The number of hydrogen-bond donors (Lipinski definition) is 1. The lowest BCUT2D eigenvalue weighted by Gasteiger charge is -2.29. The SMILES string of the molecule is NCc1cn(-c2ccccc2C(=O)N2CCc3ccccc3C2)cn1. The van der Waals surface area contributed by atoms with Gasteiger partial charge in [-0.15, -0.1) is 0 Å². The number of carbonyl (C=O) groups is 1. The van der Waals surface area contributed by atoms with Gasteiger partial charge in [0, 0.05) is 25.8 Å². The fourth-order valence-corrected chi connectivity index (χ4v) is 3.32. The minimum atomic E-state index is 0.0492. The van der Waals surface area contributed by atoms with E-state index in [1.54, 1.807) is 6.33 Å². The second-order valence-electron chi connectivity index (χ2n) is 6.24. The monoisotopic (exact) mass is 332 g/mol. The van der Waals surface area contributed by atoms with Crippen LogP contribution in [0.15, 0.2) is 61.1 Å². The molecule has 1 aromatic heterocycles. The van der Waals surface area contributed by atoms with Crippen molar-refractivity contribution in [2.75, 3.05) is 6.54 Å². The van der Waals surface area contributed by atoms with Gasteiger partial charge in [-0.25, -0.2) is 4.98 Å². The number of fused-ring (bicyclic) bond motifs is 1. The largest absolute Gasteiger partial charge is 0.334 e. The number of nitrogens with two attached hydrogens (primary N) is 1. The van der Waals surface area contributed by atoms with Gasteiger partial charge in [0.25, 0.3) is 5.91 Å². The number of para-hydroxylation sites is 1.